The van der Waals surface area contributed by atoms with Crippen molar-refractivity contribution < 1.29 is 4.79 Å². The molecule has 0 radical (unpaired) electrons. The van der Waals surface area contributed by atoms with Crippen molar-refractivity contribution in [2.75, 3.05) is 10.8 Å². The smallest absolute Gasteiger partial charge is 0.269 e. The van der Waals surface area contributed by atoms with E-state index in [4.69, 9.17) is 0 Å². The molecule has 0 aliphatic carbocycles. The van der Waals surface area contributed by atoms with Crippen molar-refractivity contribution in [3.8, 4) is 0 Å². The Balaban J connectivity index is 1.98. The molecule has 4 heteroatoms. The molecule has 2 aliphatic rings. The van der Waals surface area contributed by atoms with Crippen molar-refractivity contribution in [2.24, 2.45) is 5.10 Å². The summed E-state index contributed by atoms with van der Waals surface area (Å²) in [6.07, 6.45) is 0.779. The maximum atomic E-state index is 12.9. The van der Waals surface area contributed by atoms with Crippen LogP contribution in [0.5, 0.6) is 0 Å². The molecule has 20 heavy (non-hydrogen) atoms. The fraction of sp³-hybridized carbons (Fsp3) is 0.375. The van der Waals surface area contributed by atoms with Crippen molar-refractivity contribution in [3.05, 3.63) is 41.5 Å². The van der Waals surface area contributed by atoms with Crippen LogP contribution in [-0.4, -0.2) is 22.1 Å². The SMILES string of the molecule is CC1=NN(c2ccccc2)C(=O)[C@@]12CC(C)=C(C)CS2. The van der Waals surface area contributed by atoms with Crippen LogP contribution in [0.15, 0.2) is 46.6 Å². The Morgan fingerprint density at radius 1 is 1.15 bits per heavy atom. The summed E-state index contributed by atoms with van der Waals surface area (Å²) in [7, 11) is 0. The molecule has 0 bridgehead atoms. The van der Waals surface area contributed by atoms with Gasteiger partial charge in [-0.25, -0.2) is 0 Å². The summed E-state index contributed by atoms with van der Waals surface area (Å²) in [6.45, 7) is 6.25. The lowest BCUT2D eigenvalue weighted by Gasteiger charge is -2.32. The van der Waals surface area contributed by atoms with Gasteiger partial charge >= 0.3 is 0 Å². The summed E-state index contributed by atoms with van der Waals surface area (Å²) in [6, 6.07) is 9.66. The molecule has 1 amide bonds. The van der Waals surface area contributed by atoms with Gasteiger partial charge in [-0.05, 0) is 39.3 Å². The van der Waals surface area contributed by atoms with Crippen LogP contribution in [0.1, 0.15) is 27.2 Å². The third kappa shape index (κ3) is 1.90. The molecule has 2 aliphatic heterocycles. The summed E-state index contributed by atoms with van der Waals surface area (Å²) in [4.78, 5) is 12.9. The first-order chi connectivity index (χ1) is 9.54. The fourth-order valence-electron chi connectivity index (χ4n) is 2.65. The zero-order valence-electron chi connectivity index (χ0n) is 12.0. The molecule has 0 N–H and O–H groups in total. The number of hydrazone groups is 1. The van der Waals surface area contributed by atoms with Gasteiger partial charge in [-0.15, -0.1) is 11.8 Å². The standard InChI is InChI=1S/C16H18N2OS/c1-11-9-16(20-10-12(11)2)13(3)17-18(15(16)19)14-7-5-4-6-8-14/h4-8H,9-10H2,1-3H3/t16-/m1/s1. The predicted octanol–water partition coefficient (Wildman–Crippen LogP) is 3.62. The molecule has 0 aromatic heterocycles. The second-order valence-electron chi connectivity index (χ2n) is 5.49. The molecule has 0 unspecified atom stereocenters. The maximum absolute atomic E-state index is 12.9. The van der Waals surface area contributed by atoms with Crippen LogP contribution in [0.2, 0.25) is 0 Å². The number of rotatable bonds is 1. The molecule has 0 saturated carbocycles. The van der Waals surface area contributed by atoms with Gasteiger partial charge in [-0.3, -0.25) is 4.79 Å². The minimum Gasteiger partial charge on any atom is -0.270 e. The minimum atomic E-state index is -0.487. The molecule has 1 aromatic carbocycles. The highest BCUT2D eigenvalue weighted by molar-refractivity contribution is 8.02. The summed E-state index contributed by atoms with van der Waals surface area (Å²) in [5.74, 6) is 1.01. The van der Waals surface area contributed by atoms with E-state index in [2.05, 4.69) is 18.9 Å². The first kappa shape index (κ1) is 13.4. The van der Waals surface area contributed by atoms with E-state index < -0.39 is 4.75 Å². The number of carbonyl (C=O) groups excluding carboxylic acids is 1. The van der Waals surface area contributed by atoms with E-state index in [-0.39, 0.29) is 5.91 Å². The van der Waals surface area contributed by atoms with Crippen molar-refractivity contribution in [1.82, 2.24) is 0 Å². The lowest BCUT2D eigenvalue weighted by molar-refractivity contribution is -0.118. The van der Waals surface area contributed by atoms with E-state index >= 15 is 0 Å². The minimum absolute atomic E-state index is 0.0954. The predicted molar refractivity (Wildman–Crippen MR) is 85.2 cm³/mol. The van der Waals surface area contributed by atoms with Gasteiger partial charge in [0.05, 0.1) is 11.4 Å². The van der Waals surface area contributed by atoms with E-state index in [0.717, 1.165) is 23.6 Å². The van der Waals surface area contributed by atoms with E-state index in [1.54, 1.807) is 16.8 Å². The maximum Gasteiger partial charge on any atom is 0.269 e. The number of benzene rings is 1. The highest BCUT2D eigenvalue weighted by Crippen LogP contribution is 2.45. The number of hydrogen-bond donors (Lipinski definition) is 0. The molecule has 1 atom stereocenters. The number of anilines is 1. The van der Waals surface area contributed by atoms with Crippen LogP contribution >= 0.6 is 11.8 Å². The summed E-state index contributed by atoms with van der Waals surface area (Å²) < 4.78 is -0.487. The van der Waals surface area contributed by atoms with E-state index in [0.29, 0.717) is 0 Å². The average Bonchev–Trinajstić information content (AvgIpc) is 2.69. The van der Waals surface area contributed by atoms with Gasteiger partial charge < -0.3 is 0 Å². The number of nitrogens with zero attached hydrogens (tertiary/aromatic N) is 2. The van der Waals surface area contributed by atoms with Crippen LogP contribution in [-0.2, 0) is 4.79 Å². The van der Waals surface area contributed by atoms with E-state index in [1.807, 2.05) is 37.3 Å². The van der Waals surface area contributed by atoms with Crippen LogP contribution in [0, 0.1) is 0 Å². The molecule has 1 spiro atoms. The number of amides is 1. The van der Waals surface area contributed by atoms with Crippen molar-refractivity contribution >= 4 is 29.1 Å². The first-order valence-electron chi connectivity index (χ1n) is 6.79. The van der Waals surface area contributed by atoms with Gasteiger partial charge in [-0.2, -0.15) is 10.1 Å². The number of thioether (sulfide) groups is 1. The largest absolute Gasteiger partial charge is 0.270 e. The van der Waals surface area contributed by atoms with Gasteiger partial charge in [0.1, 0.15) is 4.75 Å². The summed E-state index contributed by atoms with van der Waals surface area (Å²) in [5, 5.41) is 6.10. The highest BCUT2D eigenvalue weighted by Gasteiger charge is 2.51. The zero-order chi connectivity index (χ0) is 14.3. The van der Waals surface area contributed by atoms with Gasteiger partial charge in [0.25, 0.3) is 5.91 Å². The Bertz CT molecular complexity index is 621. The third-order valence-corrected chi connectivity index (χ3v) is 5.84. The molecule has 104 valence electrons. The first-order valence-corrected chi connectivity index (χ1v) is 7.77. The summed E-state index contributed by atoms with van der Waals surface area (Å²) >= 11 is 1.72. The molecule has 3 rings (SSSR count). The van der Waals surface area contributed by atoms with Crippen molar-refractivity contribution in [1.29, 1.82) is 0 Å². The van der Waals surface area contributed by atoms with Gasteiger partial charge in [-0.1, -0.05) is 29.3 Å². The summed E-state index contributed by atoms with van der Waals surface area (Å²) in [5.41, 5.74) is 4.47. The topological polar surface area (TPSA) is 32.7 Å². The van der Waals surface area contributed by atoms with Gasteiger partial charge in [0.2, 0.25) is 0 Å². The van der Waals surface area contributed by atoms with Crippen LogP contribution in [0.25, 0.3) is 0 Å². The molecule has 0 fully saturated rings. The van der Waals surface area contributed by atoms with Gasteiger partial charge in [0, 0.05) is 5.75 Å². The Hall–Kier alpha value is -1.55. The fourth-order valence-corrected chi connectivity index (χ4v) is 4.13. The molecular formula is C16H18N2OS. The molecule has 0 saturated heterocycles. The number of para-hydroxylation sites is 1. The van der Waals surface area contributed by atoms with E-state index in [9.17, 15) is 4.79 Å². The second-order valence-corrected chi connectivity index (χ2v) is 6.77. The Labute approximate surface area is 123 Å². The van der Waals surface area contributed by atoms with Crippen molar-refractivity contribution in [3.63, 3.8) is 0 Å². The number of carbonyl (C=O) groups is 1. The van der Waals surface area contributed by atoms with E-state index in [1.165, 1.54) is 11.1 Å². The lowest BCUT2D eigenvalue weighted by atomic mass is 9.92. The lowest BCUT2D eigenvalue weighted by Crippen LogP contribution is -2.45. The average molecular weight is 286 g/mol. The van der Waals surface area contributed by atoms with Gasteiger partial charge in [0.15, 0.2) is 0 Å². The monoisotopic (exact) mass is 286 g/mol. The van der Waals surface area contributed by atoms with Crippen LogP contribution in [0.3, 0.4) is 0 Å². The van der Waals surface area contributed by atoms with Crippen molar-refractivity contribution in [2.45, 2.75) is 31.9 Å². The number of hydrogen-bond acceptors (Lipinski definition) is 3. The van der Waals surface area contributed by atoms with Crippen LogP contribution in [0.4, 0.5) is 5.69 Å². The molecule has 3 nitrogen and oxygen atoms in total. The third-order valence-electron chi connectivity index (χ3n) is 4.15. The molecule has 1 aromatic rings. The van der Waals surface area contributed by atoms with Crippen LogP contribution < -0.4 is 5.01 Å². The Morgan fingerprint density at radius 3 is 2.50 bits per heavy atom. The second kappa shape index (κ2) is 4.77. The number of allylic oxidation sites excluding steroid dienone is 1. The molecule has 2 heterocycles. The Kier molecular flexibility index (Phi) is 3.21. The highest BCUT2D eigenvalue weighted by atomic mass is 32.2. The zero-order valence-corrected chi connectivity index (χ0v) is 12.8. The quantitative estimate of drug-likeness (QED) is 0.739. The Morgan fingerprint density at radius 2 is 1.85 bits per heavy atom. The molecular weight excluding hydrogens is 268 g/mol. The normalized spacial score (nSPS) is 26.4.